The average Bonchev–Trinajstić information content (AvgIpc) is 3.05. The van der Waals surface area contributed by atoms with Crippen LogP contribution in [-0.4, -0.2) is 20.4 Å². The summed E-state index contributed by atoms with van der Waals surface area (Å²) in [4.78, 5) is 12.4. The molecular weight excluding hydrogens is 364 g/mol. The van der Waals surface area contributed by atoms with Crippen molar-refractivity contribution in [1.82, 2.24) is 10.0 Å². The lowest BCUT2D eigenvalue weighted by Gasteiger charge is -2.21. The van der Waals surface area contributed by atoms with Crippen molar-refractivity contribution in [3.8, 4) is 0 Å². The molecule has 0 spiro atoms. The molecule has 2 rings (SSSR count). The second kappa shape index (κ2) is 8.51. The van der Waals surface area contributed by atoms with Crippen LogP contribution in [0.2, 0.25) is 5.02 Å². The van der Waals surface area contributed by atoms with Gasteiger partial charge in [-0.25, -0.2) is 13.1 Å². The first-order valence-electron chi connectivity index (χ1n) is 7.82. The van der Waals surface area contributed by atoms with Gasteiger partial charge >= 0.3 is 0 Å². The van der Waals surface area contributed by atoms with E-state index in [-0.39, 0.29) is 18.2 Å². The zero-order valence-corrected chi connectivity index (χ0v) is 15.6. The third-order valence-corrected chi connectivity index (χ3v) is 5.25. The van der Waals surface area contributed by atoms with Crippen molar-refractivity contribution < 1.29 is 17.6 Å². The average molecular weight is 385 g/mol. The highest BCUT2D eigenvalue weighted by molar-refractivity contribution is 7.88. The Morgan fingerprint density at radius 1 is 1.20 bits per heavy atom. The number of carbonyl (C=O) groups is 1. The topological polar surface area (TPSA) is 88.4 Å². The molecule has 2 N–H and O–H groups in total. The molecule has 0 saturated heterocycles. The Morgan fingerprint density at radius 2 is 1.92 bits per heavy atom. The molecule has 1 atom stereocenters. The molecule has 8 heteroatoms. The molecule has 0 bridgehead atoms. The van der Waals surface area contributed by atoms with Gasteiger partial charge < -0.3 is 9.73 Å². The molecular formula is C17H21ClN2O4S. The molecule has 0 unspecified atom stereocenters. The fourth-order valence-corrected chi connectivity index (χ4v) is 4.04. The van der Waals surface area contributed by atoms with E-state index in [1.165, 1.54) is 6.26 Å². The van der Waals surface area contributed by atoms with Crippen LogP contribution in [0.15, 0.2) is 47.1 Å². The summed E-state index contributed by atoms with van der Waals surface area (Å²) >= 11 is 6.02. The predicted molar refractivity (Wildman–Crippen MR) is 96.4 cm³/mol. The van der Waals surface area contributed by atoms with Crippen LogP contribution in [0.1, 0.15) is 25.2 Å². The lowest BCUT2D eigenvalue weighted by Crippen LogP contribution is -2.49. The van der Waals surface area contributed by atoms with Gasteiger partial charge in [0.2, 0.25) is 15.9 Å². The van der Waals surface area contributed by atoms with Gasteiger partial charge in [0.1, 0.15) is 11.8 Å². The minimum atomic E-state index is -3.74. The fraction of sp³-hybridized carbons (Fsp3) is 0.353. The molecule has 0 radical (unpaired) electrons. The van der Waals surface area contributed by atoms with Crippen molar-refractivity contribution >= 4 is 27.5 Å². The number of carbonyl (C=O) groups excluding carboxylic acids is 1. The van der Waals surface area contributed by atoms with Crippen molar-refractivity contribution in [2.24, 2.45) is 5.92 Å². The first-order valence-corrected chi connectivity index (χ1v) is 9.85. The first-order chi connectivity index (χ1) is 11.8. The molecule has 2 aromatic rings. The Labute approximate surface area is 152 Å². The number of sulfonamides is 1. The number of halogens is 1. The monoisotopic (exact) mass is 384 g/mol. The fourth-order valence-electron chi connectivity index (χ4n) is 2.24. The summed E-state index contributed by atoms with van der Waals surface area (Å²) in [5.41, 5.74) is 0.482. The summed E-state index contributed by atoms with van der Waals surface area (Å²) in [5.74, 6) is -0.331. The molecule has 0 aliphatic carbocycles. The number of benzene rings is 1. The van der Waals surface area contributed by atoms with E-state index in [9.17, 15) is 13.2 Å². The zero-order valence-electron chi connectivity index (χ0n) is 14.0. The molecule has 136 valence electrons. The van der Waals surface area contributed by atoms with Crippen LogP contribution >= 0.6 is 11.6 Å². The number of rotatable bonds is 8. The quantitative estimate of drug-likeness (QED) is 0.732. The molecule has 1 aromatic heterocycles. The molecule has 0 aliphatic rings. The van der Waals surface area contributed by atoms with Crippen LogP contribution < -0.4 is 10.0 Å². The maximum absolute atomic E-state index is 12.4. The second-order valence-electron chi connectivity index (χ2n) is 5.99. The lowest BCUT2D eigenvalue weighted by molar-refractivity contribution is -0.123. The van der Waals surface area contributed by atoms with Crippen molar-refractivity contribution in [1.29, 1.82) is 0 Å². The van der Waals surface area contributed by atoms with E-state index >= 15 is 0 Å². The van der Waals surface area contributed by atoms with Gasteiger partial charge in [0.05, 0.1) is 18.6 Å². The minimum Gasteiger partial charge on any atom is -0.467 e. The van der Waals surface area contributed by atoms with Crippen LogP contribution in [0.25, 0.3) is 0 Å². The van der Waals surface area contributed by atoms with Gasteiger partial charge in [0.15, 0.2) is 0 Å². The second-order valence-corrected chi connectivity index (χ2v) is 8.15. The maximum atomic E-state index is 12.4. The van der Waals surface area contributed by atoms with Crippen molar-refractivity contribution in [3.63, 3.8) is 0 Å². The summed E-state index contributed by atoms with van der Waals surface area (Å²) in [6.07, 6.45) is 1.51. The van der Waals surface area contributed by atoms with Crippen LogP contribution in [0.4, 0.5) is 0 Å². The number of nitrogens with one attached hydrogen (secondary N) is 2. The molecule has 6 nitrogen and oxygen atoms in total. The molecule has 0 fully saturated rings. The van der Waals surface area contributed by atoms with Gasteiger partial charge in [-0.15, -0.1) is 0 Å². The van der Waals surface area contributed by atoms with Crippen molar-refractivity contribution in [3.05, 3.63) is 59.0 Å². The van der Waals surface area contributed by atoms with Crippen LogP contribution in [0, 0.1) is 5.92 Å². The highest BCUT2D eigenvalue weighted by Crippen LogP contribution is 2.18. The highest BCUT2D eigenvalue weighted by Gasteiger charge is 2.27. The Morgan fingerprint density at radius 3 is 2.52 bits per heavy atom. The molecule has 25 heavy (non-hydrogen) atoms. The molecule has 1 heterocycles. The highest BCUT2D eigenvalue weighted by atomic mass is 35.5. The minimum absolute atomic E-state index is 0.196. The Kier molecular flexibility index (Phi) is 6.64. The van der Waals surface area contributed by atoms with Gasteiger partial charge in [-0.05, 0) is 29.7 Å². The van der Waals surface area contributed by atoms with E-state index in [1.807, 2.05) is 0 Å². The van der Waals surface area contributed by atoms with Crippen LogP contribution in [0.3, 0.4) is 0 Å². The molecule has 1 amide bonds. The van der Waals surface area contributed by atoms with Crippen molar-refractivity contribution in [2.45, 2.75) is 32.2 Å². The Bertz CT molecular complexity index is 804. The van der Waals surface area contributed by atoms with E-state index in [0.29, 0.717) is 16.3 Å². The summed E-state index contributed by atoms with van der Waals surface area (Å²) < 4.78 is 32.5. The number of furan rings is 1. The molecule has 0 aliphatic heterocycles. The van der Waals surface area contributed by atoms with E-state index < -0.39 is 22.0 Å². The number of hydrogen-bond acceptors (Lipinski definition) is 4. The van der Waals surface area contributed by atoms with E-state index in [2.05, 4.69) is 10.0 Å². The number of amides is 1. The van der Waals surface area contributed by atoms with Crippen LogP contribution in [0.5, 0.6) is 0 Å². The smallest absolute Gasteiger partial charge is 0.238 e. The largest absolute Gasteiger partial charge is 0.467 e. The van der Waals surface area contributed by atoms with Gasteiger partial charge in [0.25, 0.3) is 0 Å². The molecule has 1 aromatic carbocycles. The SMILES string of the molecule is CC(C)[C@@H](NS(=O)(=O)Cc1ccccc1Cl)C(=O)NCc1ccco1. The normalized spacial score (nSPS) is 13.0. The van der Waals surface area contributed by atoms with Crippen LogP contribution in [-0.2, 0) is 27.1 Å². The molecule has 0 saturated carbocycles. The standard InChI is InChI=1S/C17H21ClN2O4S/c1-12(2)16(17(21)19-10-14-7-5-9-24-14)20-25(22,23)11-13-6-3-4-8-15(13)18/h3-9,12,16,20H,10-11H2,1-2H3,(H,19,21)/t16-/m1/s1. The third-order valence-electron chi connectivity index (χ3n) is 3.58. The summed E-state index contributed by atoms with van der Waals surface area (Å²) in [6.45, 7) is 3.74. The van der Waals surface area contributed by atoms with E-state index in [0.717, 1.165) is 0 Å². The van der Waals surface area contributed by atoms with Gasteiger partial charge in [-0.2, -0.15) is 0 Å². The lowest BCUT2D eigenvalue weighted by atomic mass is 10.1. The zero-order chi connectivity index (χ0) is 18.4. The Hall–Kier alpha value is -1.83. The summed E-state index contributed by atoms with van der Waals surface area (Å²) in [7, 11) is -3.74. The van der Waals surface area contributed by atoms with Gasteiger partial charge in [-0.1, -0.05) is 43.6 Å². The van der Waals surface area contributed by atoms with E-state index in [4.69, 9.17) is 16.0 Å². The number of hydrogen-bond donors (Lipinski definition) is 2. The maximum Gasteiger partial charge on any atom is 0.238 e. The van der Waals surface area contributed by atoms with Crippen molar-refractivity contribution in [2.75, 3.05) is 0 Å². The predicted octanol–water partition coefficient (Wildman–Crippen LogP) is 2.69. The first kappa shape index (κ1) is 19.5. The van der Waals surface area contributed by atoms with Gasteiger partial charge in [0, 0.05) is 5.02 Å². The van der Waals surface area contributed by atoms with Gasteiger partial charge in [-0.3, -0.25) is 4.79 Å². The summed E-state index contributed by atoms with van der Waals surface area (Å²) in [5, 5.41) is 3.05. The third kappa shape index (κ3) is 5.88. The summed E-state index contributed by atoms with van der Waals surface area (Å²) in [6, 6.07) is 9.27. The van der Waals surface area contributed by atoms with E-state index in [1.54, 1.807) is 50.2 Å². The Balaban J connectivity index is 2.04.